The average molecular weight is 210 g/mol. The monoisotopic (exact) mass is 210 g/mol. The van der Waals surface area contributed by atoms with Gasteiger partial charge in [0.15, 0.2) is 0 Å². The second-order valence-corrected chi connectivity index (χ2v) is 5.74. The Kier molecular flexibility index (Phi) is 1.91. The highest BCUT2D eigenvalue weighted by molar-refractivity contribution is 5.66. The zero-order valence-corrected chi connectivity index (χ0v) is 9.11. The van der Waals surface area contributed by atoms with Crippen LogP contribution < -0.4 is 0 Å². The lowest BCUT2D eigenvalue weighted by Gasteiger charge is -2.57. The van der Waals surface area contributed by atoms with Crippen LogP contribution >= 0.6 is 0 Å². The molecule has 4 bridgehead atoms. The fourth-order valence-corrected chi connectivity index (χ4v) is 4.35. The van der Waals surface area contributed by atoms with E-state index in [1.165, 1.54) is 6.92 Å². The van der Waals surface area contributed by atoms with Gasteiger partial charge in [0.05, 0.1) is 6.10 Å². The number of hydrogen-bond donors (Lipinski definition) is 1. The molecule has 84 valence electrons. The number of esters is 1. The summed E-state index contributed by atoms with van der Waals surface area (Å²) in [5.41, 5.74) is -0.207. The van der Waals surface area contributed by atoms with Gasteiger partial charge in [0, 0.05) is 6.92 Å². The Hall–Kier alpha value is -0.570. The molecule has 0 spiro atoms. The quantitative estimate of drug-likeness (QED) is 0.667. The van der Waals surface area contributed by atoms with Crippen molar-refractivity contribution in [2.24, 2.45) is 17.8 Å². The molecule has 15 heavy (non-hydrogen) atoms. The first-order valence-electron chi connectivity index (χ1n) is 5.96. The van der Waals surface area contributed by atoms with E-state index in [0.29, 0.717) is 17.8 Å². The van der Waals surface area contributed by atoms with Gasteiger partial charge >= 0.3 is 5.97 Å². The van der Waals surface area contributed by atoms with Crippen molar-refractivity contribution < 1.29 is 14.6 Å². The highest BCUT2D eigenvalue weighted by Crippen LogP contribution is 2.57. The maximum absolute atomic E-state index is 11.1. The summed E-state index contributed by atoms with van der Waals surface area (Å²) in [6.07, 6.45) is 4.96. The zero-order valence-electron chi connectivity index (χ0n) is 9.11. The minimum atomic E-state index is -0.207. The van der Waals surface area contributed by atoms with E-state index in [1.54, 1.807) is 0 Å². The summed E-state index contributed by atoms with van der Waals surface area (Å²) in [5.74, 6) is 1.29. The average Bonchev–Trinajstić information content (AvgIpc) is 2.10. The van der Waals surface area contributed by atoms with Crippen molar-refractivity contribution in [2.75, 3.05) is 0 Å². The molecule has 4 aliphatic carbocycles. The highest BCUT2D eigenvalue weighted by Gasteiger charge is 2.56. The highest BCUT2D eigenvalue weighted by atomic mass is 16.6. The number of ether oxygens (including phenoxy) is 1. The van der Waals surface area contributed by atoms with Gasteiger partial charge in [0.25, 0.3) is 0 Å². The molecule has 0 aromatic carbocycles. The minimum Gasteiger partial charge on any atom is -0.459 e. The lowest BCUT2D eigenvalue weighted by Crippen LogP contribution is -2.58. The van der Waals surface area contributed by atoms with Crippen molar-refractivity contribution in [1.29, 1.82) is 0 Å². The van der Waals surface area contributed by atoms with Crippen LogP contribution in [0.2, 0.25) is 0 Å². The molecule has 2 atom stereocenters. The molecular formula is C12H18O3. The van der Waals surface area contributed by atoms with Crippen LogP contribution in [0.25, 0.3) is 0 Å². The van der Waals surface area contributed by atoms with Gasteiger partial charge in [-0.3, -0.25) is 4.79 Å². The first-order valence-corrected chi connectivity index (χ1v) is 5.96. The number of aliphatic hydroxyl groups excluding tert-OH is 1. The van der Waals surface area contributed by atoms with Gasteiger partial charge in [-0.15, -0.1) is 0 Å². The van der Waals surface area contributed by atoms with Crippen molar-refractivity contribution in [1.82, 2.24) is 0 Å². The molecule has 3 nitrogen and oxygen atoms in total. The second kappa shape index (κ2) is 2.97. The van der Waals surface area contributed by atoms with Crippen molar-refractivity contribution in [3.63, 3.8) is 0 Å². The summed E-state index contributed by atoms with van der Waals surface area (Å²) in [4.78, 5) is 11.1. The van der Waals surface area contributed by atoms with Gasteiger partial charge in [-0.2, -0.15) is 0 Å². The Bertz CT molecular complexity index is 283. The number of hydrogen-bond acceptors (Lipinski definition) is 3. The normalized spacial score (nSPS) is 51.9. The number of carbonyl (C=O) groups is 1. The molecule has 4 saturated carbocycles. The topological polar surface area (TPSA) is 46.5 Å². The number of rotatable bonds is 1. The smallest absolute Gasteiger partial charge is 0.303 e. The summed E-state index contributed by atoms with van der Waals surface area (Å²) in [5, 5.41) is 10.0. The zero-order chi connectivity index (χ0) is 10.6. The van der Waals surface area contributed by atoms with Gasteiger partial charge < -0.3 is 9.84 Å². The van der Waals surface area contributed by atoms with Crippen LogP contribution in [-0.4, -0.2) is 22.8 Å². The predicted octanol–water partition coefficient (Wildman–Crippen LogP) is 1.49. The predicted molar refractivity (Wildman–Crippen MR) is 54.1 cm³/mol. The molecule has 4 fully saturated rings. The maximum Gasteiger partial charge on any atom is 0.303 e. The third kappa shape index (κ3) is 1.40. The van der Waals surface area contributed by atoms with Crippen LogP contribution in [-0.2, 0) is 9.53 Å². The Labute approximate surface area is 89.8 Å². The summed E-state index contributed by atoms with van der Waals surface area (Å²) in [6, 6.07) is 0. The van der Waals surface area contributed by atoms with E-state index in [9.17, 15) is 9.90 Å². The summed E-state index contributed by atoms with van der Waals surface area (Å²) in [7, 11) is 0. The lowest BCUT2D eigenvalue weighted by molar-refractivity contribution is -0.204. The van der Waals surface area contributed by atoms with E-state index < -0.39 is 0 Å². The molecule has 0 saturated heterocycles. The first kappa shape index (κ1) is 9.64. The second-order valence-electron chi connectivity index (χ2n) is 5.74. The van der Waals surface area contributed by atoms with Crippen LogP contribution in [0, 0.1) is 17.8 Å². The van der Waals surface area contributed by atoms with Crippen molar-refractivity contribution in [2.45, 2.75) is 50.7 Å². The van der Waals surface area contributed by atoms with Crippen LogP contribution in [0.5, 0.6) is 0 Å². The minimum absolute atomic E-state index is 0.134. The third-order valence-corrected chi connectivity index (χ3v) is 4.53. The molecule has 4 rings (SSSR count). The molecule has 4 aliphatic rings. The molecule has 1 N–H and O–H groups in total. The van der Waals surface area contributed by atoms with Gasteiger partial charge in [-0.1, -0.05) is 0 Å². The van der Waals surface area contributed by atoms with Crippen LogP contribution in [0.3, 0.4) is 0 Å². The van der Waals surface area contributed by atoms with E-state index >= 15 is 0 Å². The van der Waals surface area contributed by atoms with Crippen molar-refractivity contribution in [3.8, 4) is 0 Å². The van der Waals surface area contributed by atoms with Crippen molar-refractivity contribution >= 4 is 5.97 Å². The molecule has 0 heterocycles. The first-order chi connectivity index (χ1) is 7.08. The fourth-order valence-electron chi connectivity index (χ4n) is 4.35. The van der Waals surface area contributed by atoms with Gasteiger partial charge in [0.2, 0.25) is 0 Å². The third-order valence-electron chi connectivity index (χ3n) is 4.53. The van der Waals surface area contributed by atoms with E-state index in [-0.39, 0.29) is 17.7 Å². The number of aliphatic hydroxyl groups is 1. The summed E-state index contributed by atoms with van der Waals surface area (Å²) >= 11 is 0. The van der Waals surface area contributed by atoms with Crippen LogP contribution in [0.4, 0.5) is 0 Å². The molecule has 0 unspecified atom stereocenters. The standard InChI is InChI=1S/C12H18O3/c1-7(13)15-12-4-8-2-9(5-12)11(14)10(3-8)6-12/h8-11,14H,2-6H2,1H3/t8?,9-,10-,11?,12?/m1/s1. The molecular weight excluding hydrogens is 192 g/mol. The summed E-state index contributed by atoms with van der Waals surface area (Å²) in [6.45, 7) is 1.50. The SMILES string of the molecule is CC(=O)OC12CC3C[C@H](C1)C(O)[C@H](C3)C2. The van der Waals surface area contributed by atoms with Crippen molar-refractivity contribution in [3.05, 3.63) is 0 Å². The molecule has 0 aromatic rings. The Morgan fingerprint density at radius 1 is 1.27 bits per heavy atom. The van der Waals surface area contributed by atoms with Gasteiger partial charge in [-0.25, -0.2) is 0 Å². The Morgan fingerprint density at radius 2 is 1.87 bits per heavy atom. The molecule has 0 aromatic heterocycles. The summed E-state index contributed by atoms with van der Waals surface area (Å²) < 4.78 is 5.55. The largest absolute Gasteiger partial charge is 0.459 e. The Balaban J connectivity index is 1.85. The van der Waals surface area contributed by atoms with Gasteiger partial charge in [0.1, 0.15) is 5.60 Å². The fraction of sp³-hybridized carbons (Fsp3) is 0.917. The van der Waals surface area contributed by atoms with E-state index in [0.717, 1.165) is 32.1 Å². The maximum atomic E-state index is 11.1. The number of carbonyl (C=O) groups excluding carboxylic acids is 1. The molecule has 3 heteroatoms. The van der Waals surface area contributed by atoms with Gasteiger partial charge in [-0.05, 0) is 49.9 Å². The molecule has 0 aliphatic heterocycles. The van der Waals surface area contributed by atoms with Crippen LogP contribution in [0.15, 0.2) is 0 Å². The van der Waals surface area contributed by atoms with Crippen LogP contribution in [0.1, 0.15) is 39.0 Å². The molecule has 0 radical (unpaired) electrons. The van der Waals surface area contributed by atoms with E-state index in [2.05, 4.69) is 0 Å². The van der Waals surface area contributed by atoms with E-state index in [4.69, 9.17) is 4.74 Å². The molecule has 0 amide bonds. The van der Waals surface area contributed by atoms with E-state index in [1.807, 2.05) is 0 Å². The lowest BCUT2D eigenvalue weighted by atomic mass is 9.53. The Morgan fingerprint density at radius 3 is 2.40 bits per heavy atom.